The van der Waals surface area contributed by atoms with Crippen LogP contribution in [-0.2, 0) is 4.79 Å². The summed E-state index contributed by atoms with van der Waals surface area (Å²) >= 11 is 0. The Morgan fingerprint density at radius 3 is 2.53 bits per heavy atom. The molecule has 1 aliphatic rings. The van der Waals surface area contributed by atoms with Gasteiger partial charge in [-0.15, -0.1) is 0 Å². The summed E-state index contributed by atoms with van der Waals surface area (Å²) in [5.41, 5.74) is 0. The maximum absolute atomic E-state index is 12.1. The minimum Gasteiger partial charge on any atom is -0.481 e. The van der Waals surface area contributed by atoms with Gasteiger partial charge in [0.05, 0.1) is 12.0 Å². The second-order valence-corrected chi connectivity index (χ2v) is 5.22. The van der Waals surface area contributed by atoms with E-state index in [1.54, 1.807) is 23.8 Å². The zero-order chi connectivity index (χ0) is 14.4. The zero-order valence-corrected chi connectivity index (χ0v) is 11.5. The van der Waals surface area contributed by atoms with E-state index in [-0.39, 0.29) is 24.3 Å². The lowest BCUT2D eigenvalue weighted by Gasteiger charge is -2.34. The number of rotatable bonds is 4. The molecule has 6 nitrogen and oxygen atoms in total. The van der Waals surface area contributed by atoms with Crippen molar-refractivity contribution in [2.24, 2.45) is 11.8 Å². The van der Waals surface area contributed by atoms with Crippen molar-refractivity contribution in [3.63, 3.8) is 0 Å². The maximum atomic E-state index is 12.1. The van der Waals surface area contributed by atoms with Crippen LogP contribution < -0.4 is 0 Å². The van der Waals surface area contributed by atoms with Crippen LogP contribution in [0.4, 0.5) is 4.79 Å². The fourth-order valence-corrected chi connectivity index (χ4v) is 2.35. The first-order valence-electron chi connectivity index (χ1n) is 6.55. The summed E-state index contributed by atoms with van der Waals surface area (Å²) in [6, 6.07) is 2.03. The minimum absolute atomic E-state index is 0.0733. The van der Waals surface area contributed by atoms with Gasteiger partial charge in [-0.2, -0.15) is 5.26 Å². The Labute approximate surface area is 113 Å². The van der Waals surface area contributed by atoms with Gasteiger partial charge < -0.3 is 14.9 Å². The van der Waals surface area contributed by atoms with Gasteiger partial charge in [-0.25, -0.2) is 4.79 Å². The van der Waals surface area contributed by atoms with Crippen molar-refractivity contribution in [3.05, 3.63) is 0 Å². The summed E-state index contributed by atoms with van der Waals surface area (Å²) < 4.78 is 0. The van der Waals surface area contributed by atoms with Crippen LogP contribution in [0.3, 0.4) is 0 Å². The van der Waals surface area contributed by atoms with Crippen LogP contribution in [0, 0.1) is 23.2 Å². The molecular formula is C13H21N3O3. The Bertz CT molecular complexity index is 370. The van der Waals surface area contributed by atoms with E-state index in [9.17, 15) is 9.59 Å². The first-order valence-corrected chi connectivity index (χ1v) is 6.55. The third-order valence-corrected chi connectivity index (χ3v) is 3.44. The molecule has 1 heterocycles. The van der Waals surface area contributed by atoms with Crippen molar-refractivity contribution < 1.29 is 14.7 Å². The molecule has 1 aliphatic heterocycles. The lowest BCUT2D eigenvalue weighted by atomic mass is 9.94. The number of carbonyl (C=O) groups is 2. The van der Waals surface area contributed by atoms with Crippen LogP contribution in [0.1, 0.15) is 26.2 Å². The molecule has 0 bridgehead atoms. The molecule has 0 aromatic carbocycles. The van der Waals surface area contributed by atoms with Crippen molar-refractivity contribution in [2.45, 2.75) is 26.2 Å². The van der Waals surface area contributed by atoms with Gasteiger partial charge in [-0.05, 0) is 25.7 Å². The SMILES string of the molecule is CC(C#N)CN(C)C(=O)N1CCC(CC(=O)O)CC1. The fourth-order valence-electron chi connectivity index (χ4n) is 2.35. The van der Waals surface area contributed by atoms with Crippen LogP contribution in [0.5, 0.6) is 0 Å². The lowest BCUT2D eigenvalue weighted by molar-refractivity contribution is -0.138. The first-order chi connectivity index (χ1) is 8.93. The van der Waals surface area contributed by atoms with Crippen molar-refractivity contribution in [2.75, 3.05) is 26.7 Å². The van der Waals surface area contributed by atoms with E-state index < -0.39 is 5.97 Å². The molecule has 0 aromatic heterocycles. The number of aliphatic carboxylic acids is 1. The summed E-state index contributed by atoms with van der Waals surface area (Å²) in [7, 11) is 1.69. The smallest absolute Gasteiger partial charge is 0.319 e. The molecule has 6 heteroatoms. The van der Waals surface area contributed by atoms with Crippen LogP contribution in [-0.4, -0.2) is 53.6 Å². The topological polar surface area (TPSA) is 84.6 Å². The van der Waals surface area contributed by atoms with Crippen LogP contribution in [0.15, 0.2) is 0 Å². The van der Waals surface area contributed by atoms with Crippen molar-refractivity contribution in [3.8, 4) is 6.07 Å². The standard InChI is InChI=1S/C13H21N3O3/c1-10(8-14)9-15(2)13(19)16-5-3-11(4-6-16)7-12(17)18/h10-11H,3-7,9H2,1-2H3,(H,17,18). The summed E-state index contributed by atoms with van der Waals surface area (Å²) in [6.07, 6.45) is 1.66. The Kier molecular flexibility index (Phi) is 5.61. The number of carboxylic acid groups (broad SMARTS) is 1. The number of likely N-dealkylation sites (tertiary alicyclic amines) is 1. The maximum Gasteiger partial charge on any atom is 0.319 e. The molecule has 1 rings (SSSR count). The Balaban J connectivity index is 2.40. The second-order valence-electron chi connectivity index (χ2n) is 5.22. The number of hydrogen-bond acceptors (Lipinski definition) is 3. The van der Waals surface area contributed by atoms with E-state index in [1.807, 2.05) is 0 Å². The summed E-state index contributed by atoms with van der Waals surface area (Å²) in [5.74, 6) is -0.784. The number of carboxylic acids is 1. The predicted molar refractivity (Wildman–Crippen MR) is 69.4 cm³/mol. The first kappa shape index (κ1) is 15.3. The number of amides is 2. The van der Waals surface area contributed by atoms with Gasteiger partial charge >= 0.3 is 12.0 Å². The summed E-state index contributed by atoms with van der Waals surface area (Å²) in [4.78, 5) is 26.0. The van der Waals surface area contributed by atoms with E-state index in [1.165, 1.54) is 0 Å². The largest absolute Gasteiger partial charge is 0.481 e. The fraction of sp³-hybridized carbons (Fsp3) is 0.769. The van der Waals surface area contributed by atoms with Gasteiger partial charge in [0.1, 0.15) is 0 Å². The summed E-state index contributed by atoms with van der Waals surface area (Å²) in [5, 5.41) is 17.5. The molecule has 19 heavy (non-hydrogen) atoms. The molecule has 0 aromatic rings. The van der Waals surface area contributed by atoms with E-state index in [4.69, 9.17) is 10.4 Å². The van der Waals surface area contributed by atoms with Gasteiger partial charge in [-0.1, -0.05) is 0 Å². The molecule has 1 saturated heterocycles. The Hall–Kier alpha value is -1.77. The molecule has 106 valence electrons. The number of piperidine rings is 1. The molecular weight excluding hydrogens is 246 g/mol. The van der Waals surface area contributed by atoms with Crippen LogP contribution >= 0.6 is 0 Å². The molecule has 1 unspecified atom stereocenters. The van der Waals surface area contributed by atoms with E-state index in [0.717, 1.165) is 12.8 Å². The number of nitriles is 1. The highest BCUT2D eigenvalue weighted by molar-refractivity contribution is 5.74. The van der Waals surface area contributed by atoms with Crippen LogP contribution in [0.25, 0.3) is 0 Å². The Morgan fingerprint density at radius 2 is 2.05 bits per heavy atom. The highest BCUT2D eigenvalue weighted by Crippen LogP contribution is 2.21. The minimum atomic E-state index is -0.773. The number of hydrogen-bond donors (Lipinski definition) is 1. The number of urea groups is 1. The highest BCUT2D eigenvalue weighted by Gasteiger charge is 2.26. The number of carbonyl (C=O) groups excluding carboxylic acids is 1. The number of nitrogens with zero attached hydrogens (tertiary/aromatic N) is 3. The van der Waals surface area contributed by atoms with Gasteiger partial charge in [0, 0.05) is 33.1 Å². The van der Waals surface area contributed by atoms with Gasteiger partial charge in [0.2, 0.25) is 0 Å². The molecule has 0 saturated carbocycles. The molecule has 0 spiro atoms. The normalized spacial score (nSPS) is 17.6. The van der Waals surface area contributed by atoms with E-state index >= 15 is 0 Å². The predicted octanol–water partition coefficient (Wildman–Crippen LogP) is 1.38. The van der Waals surface area contributed by atoms with Gasteiger partial charge in [0.25, 0.3) is 0 Å². The molecule has 2 amide bonds. The quantitative estimate of drug-likeness (QED) is 0.834. The summed E-state index contributed by atoms with van der Waals surface area (Å²) in [6.45, 7) is 3.40. The average Bonchev–Trinajstić information content (AvgIpc) is 2.37. The third-order valence-electron chi connectivity index (χ3n) is 3.44. The highest BCUT2D eigenvalue weighted by atomic mass is 16.4. The Morgan fingerprint density at radius 1 is 1.47 bits per heavy atom. The molecule has 0 aliphatic carbocycles. The van der Waals surface area contributed by atoms with Gasteiger partial charge in [0.15, 0.2) is 0 Å². The molecule has 1 N–H and O–H groups in total. The monoisotopic (exact) mass is 267 g/mol. The average molecular weight is 267 g/mol. The van der Waals surface area contributed by atoms with E-state index in [2.05, 4.69) is 6.07 Å². The molecule has 1 atom stereocenters. The second kappa shape index (κ2) is 6.98. The zero-order valence-electron chi connectivity index (χ0n) is 11.5. The molecule has 1 fully saturated rings. The third kappa shape index (κ3) is 4.78. The lowest BCUT2D eigenvalue weighted by Crippen LogP contribution is -2.46. The van der Waals surface area contributed by atoms with Crippen molar-refractivity contribution in [1.82, 2.24) is 9.80 Å². The van der Waals surface area contributed by atoms with Gasteiger partial charge in [-0.3, -0.25) is 4.79 Å². The van der Waals surface area contributed by atoms with E-state index in [0.29, 0.717) is 19.6 Å². The van der Waals surface area contributed by atoms with Crippen molar-refractivity contribution >= 4 is 12.0 Å². The molecule has 0 radical (unpaired) electrons. The van der Waals surface area contributed by atoms with Crippen molar-refractivity contribution in [1.29, 1.82) is 5.26 Å². The van der Waals surface area contributed by atoms with Crippen LogP contribution in [0.2, 0.25) is 0 Å².